The van der Waals surface area contributed by atoms with Crippen molar-refractivity contribution in [3.8, 4) is 5.75 Å². The van der Waals surface area contributed by atoms with Crippen molar-refractivity contribution in [2.75, 3.05) is 12.4 Å². The lowest BCUT2D eigenvalue weighted by Crippen LogP contribution is -2.34. The number of nitro groups is 1. The molecule has 1 atom stereocenters. The van der Waals surface area contributed by atoms with Crippen LogP contribution in [-0.4, -0.2) is 24.0 Å². The molecule has 0 saturated carbocycles. The summed E-state index contributed by atoms with van der Waals surface area (Å²) in [5.41, 5.74) is 5.66. The number of nitrogens with zero attached hydrogens (tertiary/aromatic N) is 1. The molecule has 98 valence electrons. The minimum absolute atomic E-state index is 0.137. The third-order valence-corrected chi connectivity index (χ3v) is 2.42. The second-order valence-corrected chi connectivity index (χ2v) is 3.65. The third kappa shape index (κ3) is 3.17. The van der Waals surface area contributed by atoms with Crippen LogP contribution in [0.3, 0.4) is 0 Å². The van der Waals surface area contributed by atoms with Gasteiger partial charge in [-0.1, -0.05) is 6.92 Å². The highest BCUT2D eigenvalue weighted by Crippen LogP contribution is 2.29. The van der Waals surface area contributed by atoms with Gasteiger partial charge in [0.15, 0.2) is 5.75 Å². The number of hydrogen-bond donors (Lipinski definition) is 2. The van der Waals surface area contributed by atoms with E-state index in [2.05, 4.69) is 5.32 Å². The number of hydrogen-bond acceptors (Lipinski definition) is 5. The fourth-order valence-corrected chi connectivity index (χ4v) is 1.33. The summed E-state index contributed by atoms with van der Waals surface area (Å²) < 4.78 is 4.86. The summed E-state index contributed by atoms with van der Waals surface area (Å²) in [5, 5.41) is 13.3. The lowest BCUT2D eigenvalue weighted by molar-refractivity contribution is -0.385. The first-order valence-corrected chi connectivity index (χ1v) is 5.38. The first-order chi connectivity index (χ1) is 8.49. The van der Waals surface area contributed by atoms with Gasteiger partial charge in [0.2, 0.25) is 5.91 Å². The zero-order valence-electron chi connectivity index (χ0n) is 10.2. The molecule has 0 radical (unpaired) electrons. The molecule has 1 amide bonds. The molecule has 0 spiro atoms. The van der Waals surface area contributed by atoms with E-state index in [9.17, 15) is 14.9 Å². The zero-order chi connectivity index (χ0) is 13.7. The number of carbonyl (C=O) groups is 1. The normalized spacial score (nSPS) is 11.7. The summed E-state index contributed by atoms with van der Waals surface area (Å²) in [7, 11) is 1.34. The molecular weight excluding hydrogens is 238 g/mol. The number of benzene rings is 1. The number of anilines is 1. The van der Waals surface area contributed by atoms with Gasteiger partial charge in [0, 0.05) is 11.8 Å². The molecule has 0 aromatic heterocycles. The molecule has 1 aromatic carbocycles. The average Bonchev–Trinajstić information content (AvgIpc) is 2.37. The Bertz CT molecular complexity index is 462. The molecule has 0 aliphatic heterocycles. The predicted molar refractivity (Wildman–Crippen MR) is 66.5 cm³/mol. The van der Waals surface area contributed by atoms with Crippen molar-refractivity contribution in [3.63, 3.8) is 0 Å². The number of ether oxygens (including phenoxy) is 1. The number of methoxy groups -OCH3 is 1. The van der Waals surface area contributed by atoms with Crippen LogP contribution < -0.4 is 15.8 Å². The van der Waals surface area contributed by atoms with Crippen molar-refractivity contribution in [3.05, 3.63) is 28.3 Å². The highest BCUT2D eigenvalue weighted by Gasteiger charge is 2.17. The Balaban J connectivity index is 2.95. The van der Waals surface area contributed by atoms with Crippen LogP contribution in [0.4, 0.5) is 11.4 Å². The van der Waals surface area contributed by atoms with Crippen LogP contribution >= 0.6 is 0 Å². The van der Waals surface area contributed by atoms with Crippen LogP contribution in [0.15, 0.2) is 18.2 Å². The predicted octanol–water partition coefficient (Wildman–Crippen LogP) is 1.28. The number of rotatable bonds is 5. The SMILES string of the molecule is CCC(N)C(=O)Nc1ccc(OC)c([N+](=O)[O-])c1. The zero-order valence-corrected chi connectivity index (χ0v) is 10.2. The summed E-state index contributed by atoms with van der Waals surface area (Å²) in [6.07, 6.45) is 0.490. The van der Waals surface area contributed by atoms with Crippen LogP contribution in [0, 0.1) is 10.1 Å². The molecule has 3 N–H and O–H groups in total. The molecule has 18 heavy (non-hydrogen) atoms. The molecule has 0 fully saturated rings. The largest absolute Gasteiger partial charge is 0.490 e. The highest BCUT2D eigenvalue weighted by molar-refractivity contribution is 5.95. The molecule has 0 heterocycles. The summed E-state index contributed by atoms with van der Waals surface area (Å²) in [5.74, 6) is -0.241. The van der Waals surface area contributed by atoms with E-state index in [1.54, 1.807) is 6.92 Å². The Morgan fingerprint density at radius 3 is 2.78 bits per heavy atom. The van der Waals surface area contributed by atoms with Gasteiger partial charge in [0.1, 0.15) is 0 Å². The molecule has 1 unspecified atom stereocenters. The molecule has 0 saturated heterocycles. The number of nitrogens with one attached hydrogen (secondary N) is 1. The molecule has 7 heteroatoms. The first-order valence-electron chi connectivity index (χ1n) is 5.38. The molecular formula is C11H15N3O4. The molecule has 0 aliphatic rings. The molecule has 7 nitrogen and oxygen atoms in total. The van der Waals surface area contributed by atoms with Crippen LogP contribution in [0.5, 0.6) is 5.75 Å². The number of nitro benzene ring substituents is 1. The Morgan fingerprint density at radius 1 is 1.61 bits per heavy atom. The van der Waals surface area contributed by atoms with Crippen LogP contribution in [0.2, 0.25) is 0 Å². The monoisotopic (exact) mass is 253 g/mol. The van der Waals surface area contributed by atoms with Gasteiger partial charge in [-0.3, -0.25) is 14.9 Å². The van der Waals surface area contributed by atoms with Crippen LogP contribution in [0.1, 0.15) is 13.3 Å². The van der Waals surface area contributed by atoms with Gasteiger partial charge in [0.25, 0.3) is 0 Å². The van der Waals surface area contributed by atoms with Gasteiger partial charge < -0.3 is 15.8 Å². The summed E-state index contributed by atoms with van der Waals surface area (Å²) >= 11 is 0. The van der Waals surface area contributed by atoms with E-state index < -0.39 is 11.0 Å². The standard InChI is InChI=1S/C11H15N3O4/c1-3-8(12)11(15)13-7-4-5-10(18-2)9(6-7)14(16)17/h4-6,8H,3,12H2,1-2H3,(H,13,15). The first kappa shape index (κ1) is 13.9. The van der Waals surface area contributed by atoms with E-state index in [1.165, 1.54) is 25.3 Å². The van der Waals surface area contributed by atoms with Gasteiger partial charge in [0.05, 0.1) is 18.1 Å². The fourth-order valence-electron chi connectivity index (χ4n) is 1.33. The van der Waals surface area contributed by atoms with Crippen molar-refractivity contribution < 1.29 is 14.5 Å². The van der Waals surface area contributed by atoms with Gasteiger partial charge >= 0.3 is 5.69 Å². The van der Waals surface area contributed by atoms with E-state index in [4.69, 9.17) is 10.5 Å². The van der Waals surface area contributed by atoms with Gasteiger partial charge in [-0.25, -0.2) is 0 Å². The molecule has 0 aliphatic carbocycles. The Labute approximate surface area is 104 Å². The second kappa shape index (κ2) is 5.97. The van der Waals surface area contributed by atoms with E-state index >= 15 is 0 Å². The Hall–Kier alpha value is -2.15. The van der Waals surface area contributed by atoms with Crippen molar-refractivity contribution in [1.29, 1.82) is 0 Å². The second-order valence-electron chi connectivity index (χ2n) is 3.65. The maximum absolute atomic E-state index is 11.5. The van der Waals surface area contributed by atoms with Crippen molar-refractivity contribution >= 4 is 17.3 Å². The van der Waals surface area contributed by atoms with Gasteiger partial charge in [-0.15, -0.1) is 0 Å². The van der Waals surface area contributed by atoms with E-state index in [0.717, 1.165) is 0 Å². The molecule has 1 aromatic rings. The number of nitrogens with two attached hydrogens (primary N) is 1. The van der Waals surface area contributed by atoms with Crippen molar-refractivity contribution in [1.82, 2.24) is 0 Å². The topological polar surface area (TPSA) is 107 Å². The summed E-state index contributed by atoms with van der Waals surface area (Å²) in [4.78, 5) is 21.8. The van der Waals surface area contributed by atoms with Crippen molar-refractivity contribution in [2.45, 2.75) is 19.4 Å². The highest BCUT2D eigenvalue weighted by atomic mass is 16.6. The summed E-state index contributed by atoms with van der Waals surface area (Å²) in [6.45, 7) is 1.78. The average molecular weight is 253 g/mol. The smallest absolute Gasteiger partial charge is 0.312 e. The quantitative estimate of drug-likeness (QED) is 0.607. The van der Waals surface area contributed by atoms with E-state index in [0.29, 0.717) is 12.1 Å². The number of carbonyl (C=O) groups excluding carboxylic acids is 1. The summed E-state index contributed by atoms with van der Waals surface area (Å²) in [6, 6.07) is 3.54. The molecule has 1 rings (SSSR count). The maximum atomic E-state index is 11.5. The Kier molecular flexibility index (Phi) is 4.61. The van der Waals surface area contributed by atoms with Crippen LogP contribution in [0.25, 0.3) is 0 Å². The lowest BCUT2D eigenvalue weighted by Gasteiger charge is -2.10. The Morgan fingerprint density at radius 2 is 2.28 bits per heavy atom. The van der Waals surface area contributed by atoms with E-state index in [-0.39, 0.29) is 17.3 Å². The van der Waals surface area contributed by atoms with Gasteiger partial charge in [-0.2, -0.15) is 0 Å². The van der Waals surface area contributed by atoms with Crippen LogP contribution in [-0.2, 0) is 4.79 Å². The molecule has 0 bridgehead atoms. The number of amides is 1. The third-order valence-electron chi connectivity index (χ3n) is 2.42. The van der Waals surface area contributed by atoms with E-state index in [1.807, 2.05) is 0 Å². The minimum Gasteiger partial charge on any atom is -0.490 e. The van der Waals surface area contributed by atoms with Crippen molar-refractivity contribution in [2.24, 2.45) is 5.73 Å². The maximum Gasteiger partial charge on any atom is 0.312 e. The minimum atomic E-state index is -0.633. The van der Waals surface area contributed by atoms with Gasteiger partial charge in [-0.05, 0) is 18.6 Å². The lowest BCUT2D eigenvalue weighted by atomic mass is 10.2. The fraction of sp³-hybridized carbons (Fsp3) is 0.364.